The number of hydrogen-bond donors (Lipinski definition) is 1. The van der Waals surface area contributed by atoms with Gasteiger partial charge in [-0.3, -0.25) is 0 Å². The van der Waals surface area contributed by atoms with Crippen LogP contribution < -0.4 is 4.74 Å². The molecule has 0 atom stereocenters. The number of rotatable bonds is 5. The van der Waals surface area contributed by atoms with Crippen LogP contribution >= 0.6 is 23.2 Å². The Hall–Kier alpha value is -2.15. The second-order valence-electron chi connectivity index (χ2n) is 4.54. The molecule has 0 fully saturated rings. The van der Waals surface area contributed by atoms with Crippen LogP contribution in [0.5, 0.6) is 5.75 Å². The van der Waals surface area contributed by atoms with Gasteiger partial charge >= 0.3 is 0 Å². The van der Waals surface area contributed by atoms with E-state index in [4.69, 9.17) is 37.6 Å². The van der Waals surface area contributed by atoms with Crippen LogP contribution in [-0.2, 0) is 13.2 Å². The van der Waals surface area contributed by atoms with Crippen LogP contribution in [0.4, 0.5) is 0 Å². The Morgan fingerprint density at radius 2 is 1.91 bits per heavy atom. The highest BCUT2D eigenvalue weighted by Crippen LogP contribution is 2.26. The van der Waals surface area contributed by atoms with E-state index in [2.05, 4.69) is 15.1 Å². The number of aliphatic hydroxyl groups is 1. The molecule has 1 N–H and O–H groups in total. The topological polar surface area (TPSA) is 81.3 Å². The molecule has 0 saturated carbocycles. The minimum atomic E-state index is -0.313. The average molecular weight is 352 g/mol. The Balaban J connectivity index is 1.70. The second kappa shape index (κ2) is 6.95. The molecule has 1 aromatic carbocycles. The monoisotopic (exact) mass is 351 g/mol. The van der Waals surface area contributed by atoms with Crippen LogP contribution in [0.1, 0.15) is 11.5 Å². The molecule has 23 heavy (non-hydrogen) atoms. The third-order valence-corrected chi connectivity index (χ3v) is 3.72. The molecule has 0 unspecified atom stereocenters. The molecule has 118 valence electrons. The minimum Gasteiger partial charge on any atom is -0.487 e. The molecular formula is C15H11Cl2N3O3. The van der Waals surface area contributed by atoms with E-state index in [9.17, 15) is 0 Å². The highest BCUT2D eigenvalue weighted by atomic mass is 35.5. The smallest absolute Gasteiger partial charge is 0.252 e. The van der Waals surface area contributed by atoms with Gasteiger partial charge in [0.25, 0.3) is 5.89 Å². The van der Waals surface area contributed by atoms with Crippen molar-refractivity contribution >= 4 is 23.2 Å². The Morgan fingerprint density at radius 3 is 2.52 bits per heavy atom. The van der Waals surface area contributed by atoms with Crippen molar-refractivity contribution in [3.63, 3.8) is 0 Å². The van der Waals surface area contributed by atoms with Crippen molar-refractivity contribution in [2.75, 3.05) is 0 Å². The van der Waals surface area contributed by atoms with Crippen LogP contribution in [0, 0.1) is 0 Å². The van der Waals surface area contributed by atoms with Crippen molar-refractivity contribution in [1.29, 1.82) is 0 Å². The van der Waals surface area contributed by atoms with Gasteiger partial charge in [-0.05, 0) is 24.3 Å². The first-order valence-corrected chi connectivity index (χ1v) is 7.38. The lowest BCUT2D eigenvalue weighted by Gasteiger charge is -2.09. The van der Waals surface area contributed by atoms with Gasteiger partial charge in [0.2, 0.25) is 5.82 Å². The summed E-state index contributed by atoms with van der Waals surface area (Å²) < 4.78 is 10.5. The molecule has 0 aliphatic carbocycles. The summed E-state index contributed by atoms with van der Waals surface area (Å²) in [5.74, 6) is 0.987. The first-order chi connectivity index (χ1) is 11.2. The zero-order valence-electron chi connectivity index (χ0n) is 11.7. The molecular weight excluding hydrogens is 341 g/mol. The number of nitrogens with zero attached hydrogens (tertiary/aromatic N) is 3. The van der Waals surface area contributed by atoms with Gasteiger partial charge in [-0.15, -0.1) is 0 Å². The number of aliphatic hydroxyl groups excluding tert-OH is 1. The van der Waals surface area contributed by atoms with Crippen molar-refractivity contribution in [3.05, 3.63) is 58.0 Å². The highest BCUT2D eigenvalue weighted by Gasteiger charge is 2.10. The molecule has 0 aliphatic rings. The van der Waals surface area contributed by atoms with Crippen molar-refractivity contribution in [1.82, 2.24) is 15.1 Å². The quantitative estimate of drug-likeness (QED) is 0.757. The molecule has 0 bridgehead atoms. The molecule has 0 aliphatic heterocycles. The van der Waals surface area contributed by atoms with E-state index in [1.807, 2.05) is 0 Å². The van der Waals surface area contributed by atoms with Crippen molar-refractivity contribution < 1.29 is 14.4 Å². The van der Waals surface area contributed by atoms with Crippen LogP contribution in [0.25, 0.3) is 11.5 Å². The van der Waals surface area contributed by atoms with E-state index < -0.39 is 0 Å². The number of benzene rings is 1. The number of ether oxygens (including phenoxy) is 1. The van der Waals surface area contributed by atoms with Gasteiger partial charge in [-0.25, -0.2) is 4.98 Å². The van der Waals surface area contributed by atoms with Crippen molar-refractivity contribution in [2.24, 2.45) is 0 Å². The van der Waals surface area contributed by atoms with Crippen LogP contribution in [-0.4, -0.2) is 20.2 Å². The first-order valence-electron chi connectivity index (χ1n) is 6.63. The zero-order chi connectivity index (χ0) is 16.2. The molecule has 0 amide bonds. The van der Waals surface area contributed by atoms with E-state index in [0.29, 0.717) is 32.9 Å². The molecule has 0 spiro atoms. The molecule has 3 aromatic rings. The van der Waals surface area contributed by atoms with Gasteiger partial charge in [-0.2, -0.15) is 4.98 Å². The first kappa shape index (κ1) is 15.7. The molecule has 3 rings (SSSR count). The third kappa shape index (κ3) is 3.61. The van der Waals surface area contributed by atoms with Crippen LogP contribution in [0.2, 0.25) is 10.0 Å². The molecule has 0 radical (unpaired) electrons. The van der Waals surface area contributed by atoms with Gasteiger partial charge in [0.1, 0.15) is 24.7 Å². The second-order valence-corrected chi connectivity index (χ2v) is 5.35. The summed E-state index contributed by atoms with van der Waals surface area (Å²) in [4.78, 5) is 8.18. The fourth-order valence-electron chi connectivity index (χ4n) is 1.85. The highest BCUT2D eigenvalue weighted by molar-refractivity contribution is 6.35. The summed E-state index contributed by atoms with van der Waals surface area (Å²) >= 11 is 12.2. The molecule has 2 heterocycles. The van der Waals surface area contributed by atoms with Gasteiger partial charge in [0.15, 0.2) is 0 Å². The number of halogens is 2. The van der Waals surface area contributed by atoms with E-state index in [1.54, 1.807) is 30.3 Å². The fourth-order valence-corrected chi connectivity index (χ4v) is 2.35. The van der Waals surface area contributed by atoms with E-state index >= 15 is 0 Å². The van der Waals surface area contributed by atoms with Gasteiger partial charge < -0.3 is 14.4 Å². The van der Waals surface area contributed by atoms with Gasteiger partial charge in [-0.1, -0.05) is 34.4 Å². The molecule has 2 aromatic heterocycles. The summed E-state index contributed by atoms with van der Waals surface area (Å²) in [7, 11) is 0. The standard InChI is InChI=1S/C15H11Cl2N3O3/c16-11-2-1-3-12(17)10(11)8-22-9-4-5-13(18-6-9)15-19-14(7-21)23-20-15/h1-6,21H,7-8H2. The lowest BCUT2D eigenvalue weighted by atomic mass is 10.2. The summed E-state index contributed by atoms with van der Waals surface area (Å²) in [6.07, 6.45) is 1.54. The minimum absolute atomic E-state index is 0.135. The third-order valence-electron chi connectivity index (χ3n) is 3.01. The van der Waals surface area contributed by atoms with E-state index in [1.165, 1.54) is 6.20 Å². The Labute approximate surface area is 141 Å². The number of aromatic nitrogens is 3. The Kier molecular flexibility index (Phi) is 4.76. The maximum atomic E-state index is 8.91. The summed E-state index contributed by atoms with van der Waals surface area (Å²) in [6, 6.07) is 8.69. The predicted molar refractivity (Wildman–Crippen MR) is 84.2 cm³/mol. The van der Waals surface area contributed by atoms with Crippen LogP contribution in [0.3, 0.4) is 0 Å². The molecule has 8 heteroatoms. The summed E-state index contributed by atoms with van der Waals surface area (Å²) in [6.45, 7) is -0.0802. The summed E-state index contributed by atoms with van der Waals surface area (Å²) in [5.41, 5.74) is 1.22. The molecule has 6 nitrogen and oxygen atoms in total. The number of pyridine rings is 1. The fraction of sp³-hybridized carbons (Fsp3) is 0.133. The predicted octanol–water partition coefficient (Wildman–Crippen LogP) is 3.51. The number of hydrogen-bond acceptors (Lipinski definition) is 6. The normalized spacial score (nSPS) is 10.7. The Morgan fingerprint density at radius 1 is 1.13 bits per heavy atom. The van der Waals surface area contributed by atoms with E-state index in [0.717, 1.165) is 0 Å². The largest absolute Gasteiger partial charge is 0.487 e. The lowest BCUT2D eigenvalue weighted by molar-refractivity contribution is 0.222. The maximum absolute atomic E-state index is 8.91. The van der Waals surface area contributed by atoms with Crippen molar-refractivity contribution in [3.8, 4) is 17.3 Å². The van der Waals surface area contributed by atoms with Crippen molar-refractivity contribution in [2.45, 2.75) is 13.2 Å². The maximum Gasteiger partial charge on any atom is 0.252 e. The summed E-state index contributed by atoms with van der Waals surface area (Å²) in [5, 5.41) is 13.7. The van der Waals surface area contributed by atoms with E-state index in [-0.39, 0.29) is 19.1 Å². The van der Waals surface area contributed by atoms with Gasteiger partial charge in [0.05, 0.1) is 6.20 Å². The van der Waals surface area contributed by atoms with Crippen LogP contribution in [0.15, 0.2) is 41.1 Å². The Bertz CT molecular complexity index is 786. The SMILES string of the molecule is OCc1nc(-c2ccc(OCc3c(Cl)cccc3Cl)cn2)no1. The van der Waals surface area contributed by atoms with Gasteiger partial charge in [0, 0.05) is 15.6 Å². The lowest BCUT2D eigenvalue weighted by Crippen LogP contribution is -1.98. The zero-order valence-corrected chi connectivity index (χ0v) is 13.3. The average Bonchev–Trinajstić information content (AvgIpc) is 3.04. The molecule has 0 saturated heterocycles.